The molecule has 7 heteroatoms. The van der Waals surface area contributed by atoms with Gasteiger partial charge < -0.3 is 28.8 Å². The van der Waals surface area contributed by atoms with Gasteiger partial charge in [-0.3, -0.25) is 0 Å². The predicted molar refractivity (Wildman–Crippen MR) is 175 cm³/mol. The van der Waals surface area contributed by atoms with E-state index in [1.165, 1.54) is 5.19 Å². The molecule has 0 saturated carbocycles. The second-order valence-electron chi connectivity index (χ2n) is 12.0. The summed E-state index contributed by atoms with van der Waals surface area (Å²) in [5.41, 5.74) is 3.09. The SMILES string of the molecule is CO[C@H]1O[C@H]([C@H](O)C[Si](C)(C)c2ccccc2)[C@H](OCc2ccccc2)[C@H](OCc2ccccc2)[C@H]1OCc1ccccc1. The summed E-state index contributed by atoms with van der Waals surface area (Å²) in [5, 5.41) is 13.2. The highest BCUT2D eigenvalue weighted by Gasteiger charge is 2.51. The van der Waals surface area contributed by atoms with E-state index in [2.05, 4.69) is 37.4 Å². The minimum absolute atomic E-state index is 0.339. The highest BCUT2D eigenvalue weighted by atomic mass is 28.3. The number of hydrogen-bond donors (Lipinski definition) is 1. The van der Waals surface area contributed by atoms with Crippen molar-refractivity contribution in [1.82, 2.24) is 0 Å². The molecule has 1 fully saturated rings. The Hall–Kier alpha value is -3.14. The number of rotatable bonds is 14. The van der Waals surface area contributed by atoms with E-state index < -0.39 is 44.9 Å². The molecule has 4 aromatic rings. The van der Waals surface area contributed by atoms with E-state index in [1.54, 1.807) is 7.11 Å². The lowest BCUT2D eigenvalue weighted by atomic mass is 9.94. The van der Waals surface area contributed by atoms with E-state index in [4.69, 9.17) is 23.7 Å². The van der Waals surface area contributed by atoms with Crippen LogP contribution >= 0.6 is 0 Å². The normalized spacial score (nSPS) is 22.9. The molecular formula is C37H44O6Si. The summed E-state index contributed by atoms with van der Waals surface area (Å²) < 4.78 is 32.4. The Balaban J connectivity index is 1.46. The Bertz CT molecular complexity index is 1370. The van der Waals surface area contributed by atoms with Crippen LogP contribution in [0.25, 0.3) is 0 Å². The quantitative estimate of drug-likeness (QED) is 0.174. The molecule has 1 saturated heterocycles. The van der Waals surface area contributed by atoms with Crippen LogP contribution < -0.4 is 5.19 Å². The zero-order valence-electron chi connectivity index (χ0n) is 25.8. The monoisotopic (exact) mass is 612 g/mol. The van der Waals surface area contributed by atoms with Crippen molar-refractivity contribution < 1.29 is 28.8 Å². The van der Waals surface area contributed by atoms with E-state index in [0.29, 0.717) is 25.9 Å². The van der Waals surface area contributed by atoms with Crippen molar-refractivity contribution >= 4 is 13.3 Å². The fourth-order valence-corrected chi connectivity index (χ4v) is 8.45. The largest absolute Gasteiger partial charge is 0.391 e. The average Bonchev–Trinajstić information content (AvgIpc) is 3.07. The van der Waals surface area contributed by atoms with E-state index in [0.717, 1.165) is 16.7 Å². The van der Waals surface area contributed by atoms with Gasteiger partial charge in [0.25, 0.3) is 0 Å². The molecule has 4 aromatic carbocycles. The van der Waals surface area contributed by atoms with Gasteiger partial charge in [0, 0.05) is 7.11 Å². The van der Waals surface area contributed by atoms with Gasteiger partial charge in [-0.2, -0.15) is 0 Å². The van der Waals surface area contributed by atoms with Crippen LogP contribution in [0.3, 0.4) is 0 Å². The molecule has 5 rings (SSSR count). The molecule has 0 aliphatic carbocycles. The van der Waals surface area contributed by atoms with Gasteiger partial charge >= 0.3 is 0 Å². The zero-order valence-corrected chi connectivity index (χ0v) is 26.8. The van der Waals surface area contributed by atoms with E-state index in [-0.39, 0.29) is 0 Å². The van der Waals surface area contributed by atoms with Crippen molar-refractivity contribution in [3.63, 3.8) is 0 Å². The minimum atomic E-state index is -2.04. The van der Waals surface area contributed by atoms with Gasteiger partial charge in [0.15, 0.2) is 6.29 Å². The second-order valence-corrected chi connectivity index (χ2v) is 16.8. The highest BCUT2D eigenvalue weighted by Crippen LogP contribution is 2.34. The van der Waals surface area contributed by atoms with Gasteiger partial charge in [0.05, 0.1) is 34.0 Å². The third-order valence-electron chi connectivity index (χ3n) is 8.27. The predicted octanol–water partition coefficient (Wildman–Crippen LogP) is 6.09. The van der Waals surface area contributed by atoms with Crippen LogP contribution in [-0.2, 0) is 43.5 Å². The van der Waals surface area contributed by atoms with Crippen LogP contribution in [0.15, 0.2) is 121 Å². The van der Waals surface area contributed by atoms with Gasteiger partial charge in [-0.15, -0.1) is 0 Å². The minimum Gasteiger partial charge on any atom is -0.391 e. The summed E-state index contributed by atoms with van der Waals surface area (Å²) in [6.45, 7) is 5.60. The summed E-state index contributed by atoms with van der Waals surface area (Å²) in [7, 11) is -0.437. The number of hydrogen-bond acceptors (Lipinski definition) is 6. The molecule has 1 N–H and O–H groups in total. The van der Waals surface area contributed by atoms with Gasteiger partial charge in [-0.05, 0) is 22.7 Å². The number of aliphatic hydroxyl groups excluding tert-OH is 1. The van der Waals surface area contributed by atoms with Crippen LogP contribution in [0.2, 0.25) is 19.1 Å². The maximum absolute atomic E-state index is 11.9. The van der Waals surface area contributed by atoms with Gasteiger partial charge in [-0.1, -0.05) is 140 Å². The third kappa shape index (κ3) is 8.52. The van der Waals surface area contributed by atoms with Crippen LogP contribution in [-0.4, -0.2) is 57.1 Å². The first kappa shape index (κ1) is 32.3. The first-order valence-electron chi connectivity index (χ1n) is 15.3. The summed E-state index contributed by atoms with van der Waals surface area (Å²) in [5.74, 6) is 0. The van der Waals surface area contributed by atoms with Crippen LogP contribution in [0.5, 0.6) is 0 Å². The molecule has 0 aromatic heterocycles. The Labute approximate surface area is 262 Å². The smallest absolute Gasteiger partial charge is 0.186 e. The van der Waals surface area contributed by atoms with Crippen LogP contribution in [0.4, 0.5) is 0 Å². The molecule has 44 heavy (non-hydrogen) atoms. The molecule has 0 radical (unpaired) electrons. The fourth-order valence-electron chi connectivity index (χ4n) is 5.84. The number of methoxy groups -OCH3 is 1. The van der Waals surface area contributed by atoms with Crippen LogP contribution in [0, 0.1) is 0 Å². The van der Waals surface area contributed by atoms with Gasteiger partial charge in [0.2, 0.25) is 0 Å². The van der Waals surface area contributed by atoms with E-state index in [9.17, 15) is 5.11 Å². The lowest BCUT2D eigenvalue weighted by Gasteiger charge is -2.47. The number of ether oxygens (including phenoxy) is 5. The average molecular weight is 613 g/mol. The number of aliphatic hydroxyl groups is 1. The maximum atomic E-state index is 11.9. The van der Waals surface area contributed by atoms with Crippen molar-refractivity contribution in [2.75, 3.05) is 7.11 Å². The van der Waals surface area contributed by atoms with Crippen molar-refractivity contribution in [2.45, 2.75) is 75.8 Å². The van der Waals surface area contributed by atoms with Crippen LogP contribution in [0.1, 0.15) is 16.7 Å². The Kier molecular flexibility index (Phi) is 11.5. The molecule has 232 valence electrons. The molecule has 0 bridgehead atoms. The first-order chi connectivity index (χ1) is 21.4. The molecule has 0 spiro atoms. The molecule has 6 atom stereocenters. The van der Waals surface area contributed by atoms with Crippen molar-refractivity contribution in [2.24, 2.45) is 0 Å². The Morgan fingerprint density at radius 1 is 0.614 bits per heavy atom. The summed E-state index contributed by atoms with van der Waals surface area (Å²) >= 11 is 0. The summed E-state index contributed by atoms with van der Waals surface area (Å²) in [6, 6.07) is 41.1. The number of benzene rings is 4. The molecular weight excluding hydrogens is 568 g/mol. The second kappa shape index (κ2) is 15.7. The molecule has 0 amide bonds. The molecule has 1 aliphatic heterocycles. The molecule has 0 unspecified atom stereocenters. The molecule has 1 heterocycles. The lowest BCUT2D eigenvalue weighted by Crippen LogP contribution is -2.64. The molecule has 1 aliphatic rings. The maximum Gasteiger partial charge on any atom is 0.186 e. The molecule has 6 nitrogen and oxygen atoms in total. The third-order valence-corrected chi connectivity index (χ3v) is 11.6. The Morgan fingerprint density at radius 2 is 1.02 bits per heavy atom. The fraction of sp³-hybridized carbons (Fsp3) is 0.351. The lowest BCUT2D eigenvalue weighted by molar-refractivity contribution is -0.328. The Morgan fingerprint density at radius 3 is 1.48 bits per heavy atom. The van der Waals surface area contributed by atoms with E-state index >= 15 is 0 Å². The topological polar surface area (TPSA) is 66.4 Å². The summed E-state index contributed by atoms with van der Waals surface area (Å²) in [6.07, 6.45) is -4.08. The van der Waals surface area contributed by atoms with Gasteiger partial charge in [0.1, 0.15) is 24.4 Å². The van der Waals surface area contributed by atoms with Crippen molar-refractivity contribution in [3.05, 3.63) is 138 Å². The van der Waals surface area contributed by atoms with Gasteiger partial charge in [-0.25, -0.2) is 0 Å². The van der Waals surface area contributed by atoms with Crippen molar-refractivity contribution in [3.8, 4) is 0 Å². The first-order valence-corrected chi connectivity index (χ1v) is 18.5. The van der Waals surface area contributed by atoms with Crippen molar-refractivity contribution in [1.29, 1.82) is 0 Å². The zero-order chi connectivity index (χ0) is 30.8. The standard InChI is InChI=1S/C37H44O6Si/c1-39-37-36(42-26-30-20-12-6-13-21-30)35(41-25-29-18-10-5-11-19-29)34(40-24-28-16-8-4-9-17-28)33(43-37)32(38)27-44(2,3)31-22-14-7-15-23-31/h4-23,32-38H,24-27H2,1-3H3/t32-,33-,34+,35+,36-,37+/m1/s1. The van der Waals surface area contributed by atoms with E-state index in [1.807, 2.05) is 97.1 Å². The highest BCUT2D eigenvalue weighted by molar-refractivity contribution is 6.89. The summed E-state index contributed by atoms with van der Waals surface area (Å²) in [4.78, 5) is 0.